The van der Waals surface area contributed by atoms with E-state index in [1.54, 1.807) is 0 Å². The molecule has 0 bridgehead atoms. The Morgan fingerprint density at radius 2 is 1.72 bits per heavy atom. The van der Waals surface area contributed by atoms with Crippen LogP contribution in [-0.2, 0) is 23.8 Å². The summed E-state index contributed by atoms with van der Waals surface area (Å²) in [5, 5.41) is 0.189. The van der Waals surface area contributed by atoms with Gasteiger partial charge in [0, 0.05) is 19.8 Å². The van der Waals surface area contributed by atoms with Crippen molar-refractivity contribution in [2.24, 2.45) is 0 Å². The summed E-state index contributed by atoms with van der Waals surface area (Å²) >= 11 is 3.15. The van der Waals surface area contributed by atoms with Crippen molar-refractivity contribution in [3.63, 3.8) is 0 Å². The SMILES string of the molecule is CC(=O)OC1(C(=O)CBr)CCC2(CC1)OCCO2. The minimum atomic E-state index is -1.00. The standard InChI is InChI=1S/C12H17BrO5/c1-9(14)18-11(10(15)8-13)2-4-12(5-3-11)16-6-7-17-12/h2-8H2,1H3. The molecule has 2 rings (SSSR count). The highest BCUT2D eigenvalue weighted by molar-refractivity contribution is 9.09. The zero-order chi connectivity index (χ0) is 13.2. The molecular weight excluding hydrogens is 304 g/mol. The van der Waals surface area contributed by atoms with Gasteiger partial charge in [0.2, 0.25) is 0 Å². The van der Waals surface area contributed by atoms with Crippen molar-refractivity contribution in [3.05, 3.63) is 0 Å². The smallest absolute Gasteiger partial charge is 0.303 e. The molecule has 0 amide bonds. The molecule has 1 aliphatic carbocycles. The van der Waals surface area contributed by atoms with Crippen molar-refractivity contribution in [1.29, 1.82) is 0 Å². The normalized spacial score (nSPS) is 25.0. The third-order valence-electron chi connectivity index (χ3n) is 3.60. The topological polar surface area (TPSA) is 61.8 Å². The molecule has 0 atom stereocenters. The molecule has 6 heteroatoms. The van der Waals surface area contributed by atoms with Crippen molar-refractivity contribution < 1.29 is 23.8 Å². The molecule has 1 saturated heterocycles. The lowest BCUT2D eigenvalue weighted by Gasteiger charge is -2.41. The van der Waals surface area contributed by atoms with Crippen molar-refractivity contribution in [3.8, 4) is 0 Å². The number of esters is 1. The van der Waals surface area contributed by atoms with E-state index < -0.39 is 17.4 Å². The Morgan fingerprint density at radius 1 is 1.17 bits per heavy atom. The van der Waals surface area contributed by atoms with Gasteiger partial charge in [-0.3, -0.25) is 9.59 Å². The van der Waals surface area contributed by atoms with Crippen molar-refractivity contribution in [2.45, 2.75) is 44.0 Å². The van der Waals surface area contributed by atoms with Crippen LogP contribution in [0.1, 0.15) is 32.6 Å². The molecule has 0 aromatic carbocycles. The van der Waals surface area contributed by atoms with Gasteiger partial charge in [-0.25, -0.2) is 0 Å². The first-order valence-corrected chi connectivity index (χ1v) is 7.21. The highest BCUT2D eigenvalue weighted by atomic mass is 79.9. The monoisotopic (exact) mass is 320 g/mol. The van der Waals surface area contributed by atoms with Crippen LogP contribution in [-0.4, -0.2) is 41.7 Å². The van der Waals surface area contributed by atoms with Crippen LogP contribution in [0.3, 0.4) is 0 Å². The van der Waals surface area contributed by atoms with E-state index in [1.807, 2.05) is 0 Å². The van der Waals surface area contributed by atoms with Gasteiger partial charge < -0.3 is 14.2 Å². The molecule has 0 N–H and O–H groups in total. The summed E-state index contributed by atoms with van der Waals surface area (Å²) in [5.74, 6) is -1.07. The predicted molar refractivity (Wildman–Crippen MR) is 66.4 cm³/mol. The van der Waals surface area contributed by atoms with Gasteiger partial charge in [0.05, 0.1) is 18.5 Å². The highest BCUT2D eigenvalue weighted by Gasteiger charge is 2.51. The van der Waals surface area contributed by atoms with Crippen LogP contribution in [0.5, 0.6) is 0 Å². The van der Waals surface area contributed by atoms with E-state index in [1.165, 1.54) is 6.92 Å². The molecule has 1 spiro atoms. The van der Waals surface area contributed by atoms with E-state index >= 15 is 0 Å². The average Bonchev–Trinajstić information content (AvgIpc) is 2.80. The van der Waals surface area contributed by atoms with E-state index in [-0.39, 0.29) is 11.1 Å². The van der Waals surface area contributed by atoms with Crippen LogP contribution in [0.2, 0.25) is 0 Å². The van der Waals surface area contributed by atoms with Gasteiger partial charge in [0.25, 0.3) is 0 Å². The molecule has 18 heavy (non-hydrogen) atoms. The van der Waals surface area contributed by atoms with Crippen molar-refractivity contribution in [1.82, 2.24) is 0 Å². The first-order valence-electron chi connectivity index (χ1n) is 6.09. The molecule has 1 saturated carbocycles. The molecule has 0 radical (unpaired) electrons. The second-order valence-corrected chi connectivity index (χ2v) is 5.31. The molecule has 1 aliphatic heterocycles. The third-order valence-corrected chi connectivity index (χ3v) is 4.11. The number of hydrogen-bond donors (Lipinski definition) is 0. The number of halogens is 1. The summed E-state index contributed by atoms with van der Waals surface area (Å²) in [7, 11) is 0. The largest absolute Gasteiger partial charge is 0.451 e. The molecule has 1 heterocycles. The quantitative estimate of drug-likeness (QED) is 0.583. The van der Waals surface area contributed by atoms with Gasteiger partial charge in [-0.2, -0.15) is 0 Å². The van der Waals surface area contributed by atoms with Crippen LogP contribution in [0, 0.1) is 0 Å². The van der Waals surface area contributed by atoms with Gasteiger partial charge >= 0.3 is 5.97 Å². The van der Waals surface area contributed by atoms with E-state index in [0.29, 0.717) is 38.9 Å². The molecule has 5 nitrogen and oxygen atoms in total. The summed E-state index contributed by atoms with van der Waals surface area (Å²) in [5.41, 5.74) is -1.00. The average molecular weight is 321 g/mol. The van der Waals surface area contributed by atoms with E-state index in [4.69, 9.17) is 14.2 Å². The fourth-order valence-electron chi connectivity index (χ4n) is 2.66. The lowest BCUT2D eigenvalue weighted by Crippen LogP contribution is -2.51. The van der Waals surface area contributed by atoms with Crippen molar-refractivity contribution >= 4 is 27.7 Å². The van der Waals surface area contributed by atoms with Crippen LogP contribution < -0.4 is 0 Å². The fraction of sp³-hybridized carbons (Fsp3) is 0.833. The van der Waals surface area contributed by atoms with Gasteiger partial charge in [0.15, 0.2) is 17.2 Å². The Morgan fingerprint density at radius 3 is 2.17 bits per heavy atom. The van der Waals surface area contributed by atoms with Gasteiger partial charge in [0.1, 0.15) is 0 Å². The number of Topliss-reactive ketones (excluding diaryl/α,β-unsaturated/α-hetero) is 1. The third kappa shape index (κ3) is 2.60. The summed E-state index contributed by atoms with van der Waals surface area (Å²) in [4.78, 5) is 23.2. The highest BCUT2D eigenvalue weighted by Crippen LogP contribution is 2.42. The molecular formula is C12H17BrO5. The maximum Gasteiger partial charge on any atom is 0.303 e. The Hall–Kier alpha value is -0.460. The Kier molecular flexibility index (Phi) is 4.08. The summed E-state index contributed by atoms with van der Waals surface area (Å²) in [6, 6.07) is 0. The van der Waals surface area contributed by atoms with E-state index in [0.717, 1.165) is 0 Å². The summed E-state index contributed by atoms with van der Waals surface area (Å²) in [6.07, 6.45) is 2.08. The van der Waals surface area contributed by atoms with Crippen LogP contribution >= 0.6 is 15.9 Å². The molecule has 102 valence electrons. The number of ether oxygens (including phenoxy) is 3. The Balaban J connectivity index is 2.09. The predicted octanol–water partition coefficient (Wildman–Crippen LogP) is 1.57. The number of rotatable bonds is 3. The number of carbonyl (C=O) groups is 2. The number of alkyl halides is 1. The number of hydrogen-bond acceptors (Lipinski definition) is 5. The second-order valence-electron chi connectivity index (χ2n) is 4.75. The lowest BCUT2D eigenvalue weighted by atomic mass is 9.79. The van der Waals surface area contributed by atoms with Gasteiger partial charge in [-0.1, -0.05) is 15.9 Å². The number of ketones is 1. The second kappa shape index (κ2) is 5.27. The zero-order valence-electron chi connectivity index (χ0n) is 10.4. The van der Waals surface area contributed by atoms with Crippen LogP contribution in [0.4, 0.5) is 0 Å². The van der Waals surface area contributed by atoms with Crippen LogP contribution in [0.15, 0.2) is 0 Å². The van der Waals surface area contributed by atoms with Crippen LogP contribution in [0.25, 0.3) is 0 Å². The molecule has 2 fully saturated rings. The lowest BCUT2D eigenvalue weighted by molar-refractivity contribution is -0.210. The maximum atomic E-state index is 12.0. The minimum absolute atomic E-state index is 0.0921. The Bertz CT molecular complexity index is 338. The number of carbonyl (C=O) groups excluding carboxylic acids is 2. The van der Waals surface area contributed by atoms with Gasteiger partial charge in [-0.15, -0.1) is 0 Å². The van der Waals surface area contributed by atoms with E-state index in [2.05, 4.69) is 15.9 Å². The minimum Gasteiger partial charge on any atom is -0.451 e. The zero-order valence-corrected chi connectivity index (χ0v) is 12.0. The van der Waals surface area contributed by atoms with Crippen molar-refractivity contribution in [2.75, 3.05) is 18.5 Å². The first-order chi connectivity index (χ1) is 8.52. The Labute approximate surface area is 114 Å². The molecule has 2 aliphatic rings. The van der Waals surface area contributed by atoms with Gasteiger partial charge in [-0.05, 0) is 12.8 Å². The molecule has 0 aromatic heterocycles. The summed E-state index contributed by atoms with van der Waals surface area (Å²) in [6.45, 7) is 2.51. The fourth-order valence-corrected chi connectivity index (χ4v) is 3.17. The molecule has 0 unspecified atom stereocenters. The first kappa shape index (κ1) is 14.0. The molecule has 0 aromatic rings. The maximum absolute atomic E-state index is 12.0. The summed E-state index contributed by atoms with van der Waals surface area (Å²) < 4.78 is 16.5. The van der Waals surface area contributed by atoms with E-state index in [9.17, 15) is 9.59 Å².